The van der Waals surface area contributed by atoms with E-state index in [2.05, 4.69) is 31.2 Å². The maximum Gasteiger partial charge on any atom is 0.362 e. The number of aryl methyl sites for hydroxylation is 1. The first-order valence-corrected chi connectivity index (χ1v) is 6.08. The van der Waals surface area contributed by atoms with Gasteiger partial charge < -0.3 is 4.65 Å². The minimum atomic E-state index is 0.0318. The lowest BCUT2D eigenvalue weighted by Gasteiger charge is -2.07. The summed E-state index contributed by atoms with van der Waals surface area (Å²) >= 11 is 6.02. The fourth-order valence-electron chi connectivity index (χ4n) is 2.32. The molecule has 84 valence electrons. The number of fused-ring (bicyclic) bond motifs is 1. The third-order valence-corrected chi connectivity index (χ3v) is 3.37. The Hall–Kier alpha value is -1.25. The first-order chi connectivity index (χ1) is 8.24. The summed E-state index contributed by atoms with van der Waals surface area (Å²) in [6, 6.07) is 14.4. The van der Waals surface area contributed by atoms with Gasteiger partial charge in [-0.15, -0.1) is 0 Å². The van der Waals surface area contributed by atoms with E-state index in [1.165, 1.54) is 16.6 Å². The van der Waals surface area contributed by atoms with Crippen LogP contribution in [0.25, 0.3) is 0 Å². The molecule has 0 aliphatic carbocycles. The van der Waals surface area contributed by atoms with Gasteiger partial charge in [-0.3, -0.25) is 0 Å². The van der Waals surface area contributed by atoms with Crippen LogP contribution in [0.15, 0.2) is 42.5 Å². The molecule has 3 rings (SSSR count). The molecule has 3 heteroatoms. The summed E-state index contributed by atoms with van der Waals surface area (Å²) in [5, 5.41) is 0.756. The van der Waals surface area contributed by atoms with E-state index in [9.17, 15) is 0 Å². The number of benzene rings is 2. The Balaban J connectivity index is 2.04. The van der Waals surface area contributed by atoms with Crippen LogP contribution in [0.4, 0.5) is 0 Å². The van der Waals surface area contributed by atoms with Crippen molar-refractivity contribution in [3.8, 4) is 0 Å². The highest BCUT2D eigenvalue weighted by Crippen LogP contribution is 2.14. The Morgan fingerprint density at radius 2 is 2.06 bits per heavy atom. The molecule has 0 radical (unpaired) electrons. The molecule has 0 atom stereocenters. The van der Waals surface area contributed by atoms with E-state index in [-0.39, 0.29) is 6.92 Å². The lowest BCUT2D eigenvalue weighted by atomic mass is 9.56. The second-order valence-electron chi connectivity index (χ2n) is 4.45. The molecule has 0 amide bonds. The molecule has 1 aliphatic heterocycles. The molecule has 0 saturated carbocycles. The van der Waals surface area contributed by atoms with Crippen LogP contribution >= 0.6 is 11.6 Å². The Morgan fingerprint density at radius 1 is 1.18 bits per heavy atom. The van der Waals surface area contributed by atoms with Crippen molar-refractivity contribution >= 4 is 29.4 Å². The smallest absolute Gasteiger partial charge is 0.362 e. The van der Waals surface area contributed by atoms with Gasteiger partial charge in [-0.05, 0) is 35.5 Å². The molecule has 17 heavy (non-hydrogen) atoms. The van der Waals surface area contributed by atoms with Crippen molar-refractivity contribution in [2.24, 2.45) is 0 Å². The summed E-state index contributed by atoms with van der Waals surface area (Å²) in [4.78, 5) is 0. The van der Waals surface area contributed by atoms with Crippen molar-refractivity contribution in [3.63, 3.8) is 0 Å². The molecule has 0 saturated heterocycles. The fourth-order valence-corrected chi connectivity index (χ4v) is 2.52. The monoisotopic (exact) mass is 242 g/mol. The molecule has 0 spiro atoms. The van der Waals surface area contributed by atoms with Crippen molar-refractivity contribution in [3.05, 3.63) is 58.6 Å². The molecular weight excluding hydrogens is 230 g/mol. The zero-order valence-corrected chi connectivity index (χ0v) is 10.4. The van der Waals surface area contributed by atoms with Gasteiger partial charge in [0.2, 0.25) is 0 Å². The van der Waals surface area contributed by atoms with E-state index in [0.717, 1.165) is 10.5 Å². The van der Waals surface area contributed by atoms with Gasteiger partial charge in [-0.2, -0.15) is 0 Å². The normalized spacial score (nSPS) is 13.9. The highest BCUT2D eigenvalue weighted by molar-refractivity contribution is 6.81. The largest absolute Gasteiger partial charge is 0.423 e. The Morgan fingerprint density at radius 3 is 2.88 bits per heavy atom. The number of hydrogen-bond acceptors (Lipinski definition) is 1. The van der Waals surface area contributed by atoms with Crippen LogP contribution in [-0.2, 0) is 11.3 Å². The second-order valence-corrected chi connectivity index (χ2v) is 4.88. The van der Waals surface area contributed by atoms with Gasteiger partial charge in [-0.25, -0.2) is 0 Å². The predicted molar refractivity (Wildman–Crippen MR) is 72.4 cm³/mol. The number of halogens is 1. The molecule has 1 aliphatic rings. The SMILES string of the molecule is Cc1ccc2c(c1)COB2c1cccc(Cl)c1. The number of rotatable bonds is 1. The topological polar surface area (TPSA) is 9.23 Å². The van der Waals surface area contributed by atoms with Gasteiger partial charge in [0.25, 0.3) is 0 Å². The minimum Gasteiger partial charge on any atom is -0.423 e. The maximum atomic E-state index is 6.02. The van der Waals surface area contributed by atoms with E-state index in [1.807, 2.05) is 18.2 Å². The highest BCUT2D eigenvalue weighted by atomic mass is 35.5. The molecule has 0 fully saturated rings. The van der Waals surface area contributed by atoms with E-state index >= 15 is 0 Å². The van der Waals surface area contributed by atoms with Gasteiger partial charge in [0.1, 0.15) is 0 Å². The molecule has 0 unspecified atom stereocenters. The molecule has 1 heterocycles. The molecule has 2 aromatic rings. The third-order valence-electron chi connectivity index (χ3n) is 3.14. The summed E-state index contributed by atoms with van der Waals surface area (Å²) < 4.78 is 5.86. The first kappa shape index (κ1) is 10.9. The molecule has 2 aromatic carbocycles. The molecule has 0 bridgehead atoms. The van der Waals surface area contributed by atoms with Crippen molar-refractivity contribution < 1.29 is 4.65 Å². The summed E-state index contributed by atoms with van der Waals surface area (Å²) in [5.74, 6) is 0. The zero-order chi connectivity index (χ0) is 11.8. The average Bonchev–Trinajstić information content (AvgIpc) is 2.71. The van der Waals surface area contributed by atoms with Crippen LogP contribution in [0.3, 0.4) is 0 Å². The maximum absolute atomic E-state index is 6.02. The van der Waals surface area contributed by atoms with E-state index in [1.54, 1.807) is 0 Å². The van der Waals surface area contributed by atoms with Crippen molar-refractivity contribution in [2.75, 3.05) is 0 Å². The second kappa shape index (κ2) is 4.21. The quantitative estimate of drug-likeness (QED) is 0.697. The van der Waals surface area contributed by atoms with Gasteiger partial charge in [0.05, 0.1) is 6.61 Å². The summed E-state index contributed by atoms with van der Waals surface area (Å²) in [6.07, 6.45) is 0. The summed E-state index contributed by atoms with van der Waals surface area (Å²) in [5.41, 5.74) is 4.95. The van der Waals surface area contributed by atoms with Gasteiger partial charge in [0, 0.05) is 5.02 Å². The Kier molecular flexibility index (Phi) is 2.69. The predicted octanol–water partition coefficient (Wildman–Crippen LogP) is 2.28. The Bertz CT molecular complexity index is 568. The molecular formula is C14H12BClO. The lowest BCUT2D eigenvalue weighted by molar-refractivity contribution is 0.337. The summed E-state index contributed by atoms with van der Waals surface area (Å²) in [6.45, 7) is 2.82. The van der Waals surface area contributed by atoms with Crippen LogP contribution in [-0.4, -0.2) is 6.92 Å². The van der Waals surface area contributed by atoms with E-state index in [4.69, 9.17) is 16.3 Å². The first-order valence-electron chi connectivity index (χ1n) is 5.70. The third kappa shape index (κ3) is 1.99. The average molecular weight is 243 g/mol. The van der Waals surface area contributed by atoms with Crippen molar-refractivity contribution in [1.29, 1.82) is 0 Å². The van der Waals surface area contributed by atoms with Crippen LogP contribution in [0.1, 0.15) is 11.1 Å². The molecule has 1 nitrogen and oxygen atoms in total. The van der Waals surface area contributed by atoms with Crippen LogP contribution < -0.4 is 10.9 Å². The zero-order valence-electron chi connectivity index (χ0n) is 9.61. The van der Waals surface area contributed by atoms with Gasteiger partial charge in [0.15, 0.2) is 0 Å². The fraction of sp³-hybridized carbons (Fsp3) is 0.143. The van der Waals surface area contributed by atoms with E-state index in [0.29, 0.717) is 6.61 Å². The molecule has 0 N–H and O–H groups in total. The van der Waals surface area contributed by atoms with Gasteiger partial charge >= 0.3 is 6.92 Å². The van der Waals surface area contributed by atoms with Crippen molar-refractivity contribution in [1.82, 2.24) is 0 Å². The lowest BCUT2D eigenvalue weighted by Crippen LogP contribution is -2.41. The van der Waals surface area contributed by atoms with Crippen LogP contribution in [0, 0.1) is 6.92 Å². The highest BCUT2D eigenvalue weighted by Gasteiger charge is 2.29. The van der Waals surface area contributed by atoms with Crippen molar-refractivity contribution in [2.45, 2.75) is 13.5 Å². The van der Waals surface area contributed by atoms with Crippen LogP contribution in [0.5, 0.6) is 0 Å². The summed E-state index contributed by atoms with van der Waals surface area (Å²) in [7, 11) is 0. The minimum absolute atomic E-state index is 0.0318. The molecule has 0 aromatic heterocycles. The van der Waals surface area contributed by atoms with E-state index < -0.39 is 0 Å². The Labute approximate surface area is 106 Å². The van der Waals surface area contributed by atoms with Crippen LogP contribution in [0.2, 0.25) is 5.02 Å². The van der Waals surface area contributed by atoms with Gasteiger partial charge in [-0.1, -0.05) is 47.5 Å². The number of hydrogen-bond donors (Lipinski definition) is 0. The standard InChI is InChI=1S/C14H12BClO/c1-10-5-6-14-11(7-10)9-17-15(14)12-3-2-4-13(16)8-12/h2-8H,9H2,1H3.